The van der Waals surface area contributed by atoms with E-state index in [0.29, 0.717) is 22.2 Å². The average molecular weight is 342 g/mol. The number of nitriles is 1. The molecule has 0 aliphatic rings. The molecule has 0 saturated carbocycles. The van der Waals surface area contributed by atoms with Gasteiger partial charge in [0.05, 0.1) is 5.52 Å². The number of para-hydroxylation sites is 1. The minimum atomic E-state index is -4.44. The second kappa shape index (κ2) is 5.34. The number of hydrogen-bond donors (Lipinski definition) is 0. The van der Waals surface area contributed by atoms with Gasteiger partial charge in [-0.1, -0.05) is 18.2 Å². The van der Waals surface area contributed by atoms with Crippen molar-refractivity contribution in [3.63, 3.8) is 0 Å². The predicted molar refractivity (Wildman–Crippen MR) is 83.5 cm³/mol. The molecule has 0 bridgehead atoms. The Kier molecular flexibility index (Phi) is 3.25. The summed E-state index contributed by atoms with van der Waals surface area (Å²) >= 11 is 0. The van der Waals surface area contributed by atoms with Gasteiger partial charge in [-0.05, 0) is 6.07 Å². The summed E-state index contributed by atoms with van der Waals surface area (Å²) in [5.41, 5.74) is 1.75. The third-order valence-corrected chi connectivity index (χ3v) is 3.82. The van der Waals surface area contributed by atoms with Gasteiger partial charge in [0, 0.05) is 28.6 Å². The lowest BCUT2D eigenvalue weighted by Gasteiger charge is -2.07. The molecule has 3 heterocycles. The Morgan fingerprint density at radius 1 is 1.20 bits per heavy atom. The molecule has 124 valence electrons. The predicted octanol–water partition coefficient (Wildman–Crippen LogP) is 4.28. The summed E-state index contributed by atoms with van der Waals surface area (Å²) in [4.78, 5) is 3.96. The third kappa shape index (κ3) is 2.59. The molecule has 0 saturated heterocycles. The number of furan rings is 1. The molecule has 8 heteroatoms. The highest BCUT2D eigenvalue weighted by Gasteiger charge is 2.30. The first-order chi connectivity index (χ1) is 12.0. The minimum absolute atomic E-state index is 0.0272. The maximum absolute atomic E-state index is 12.9. The van der Waals surface area contributed by atoms with E-state index in [-0.39, 0.29) is 11.2 Å². The molecule has 0 fully saturated rings. The molecule has 0 aliphatic carbocycles. The summed E-state index contributed by atoms with van der Waals surface area (Å²) in [7, 11) is 0. The van der Waals surface area contributed by atoms with Crippen molar-refractivity contribution < 1.29 is 17.6 Å². The summed E-state index contributed by atoms with van der Waals surface area (Å²) < 4.78 is 45.0. The SMILES string of the molecule is N#Cc1cc2c(cn1)c(-c1coc3ccccc13)nn2CC(F)(F)F. The van der Waals surface area contributed by atoms with Crippen LogP contribution in [-0.2, 0) is 6.54 Å². The zero-order valence-corrected chi connectivity index (χ0v) is 12.6. The Labute approximate surface area is 138 Å². The molecular formula is C17H9F3N4O. The molecule has 0 atom stereocenters. The van der Waals surface area contributed by atoms with Crippen LogP contribution in [0, 0.1) is 11.3 Å². The molecule has 0 radical (unpaired) electrons. The molecule has 4 aromatic rings. The van der Waals surface area contributed by atoms with Gasteiger partial charge in [-0.2, -0.15) is 23.5 Å². The molecule has 0 spiro atoms. The van der Waals surface area contributed by atoms with Crippen molar-refractivity contribution in [3.8, 4) is 17.3 Å². The fraction of sp³-hybridized carbons (Fsp3) is 0.118. The quantitative estimate of drug-likeness (QED) is 0.545. The molecule has 0 amide bonds. The number of halogens is 3. The molecule has 0 aliphatic heterocycles. The molecule has 0 unspecified atom stereocenters. The van der Waals surface area contributed by atoms with Crippen LogP contribution in [0.2, 0.25) is 0 Å². The maximum Gasteiger partial charge on any atom is 0.408 e. The molecule has 25 heavy (non-hydrogen) atoms. The van der Waals surface area contributed by atoms with Crippen molar-refractivity contribution in [1.29, 1.82) is 5.26 Å². The van der Waals surface area contributed by atoms with Crippen LogP contribution in [0.25, 0.3) is 33.1 Å². The van der Waals surface area contributed by atoms with Gasteiger partial charge >= 0.3 is 6.18 Å². The van der Waals surface area contributed by atoms with Gasteiger partial charge in [0.2, 0.25) is 0 Å². The van der Waals surface area contributed by atoms with Gasteiger partial charge in [-0.15, -0.1) is 0 Å². The van der Waals surface area contributed by atoms with Crippen molar-refractivity contribution >= 4 is 21.9 Å². The second-order valence-electron chi connectivity index (χ2n) is 5.47. The topological polar surface area (TPSA) is 67.6 Å². The minimum Gasteiger partial charge on any atom is -0.464 e. The molecule has 5 nitrogen and oxygen atoms in total. The van der Waals surface area contributed by atoms with Crippen molar-refractivity contribution in [1.82, 2.24) is 14.8 Å². The van der Waals surface area contributed by atoms with Crippen molar-refractivity contribution in [2.45, 2.75) is 12.7 Å². The van der Waals surface area contributed by atoms with Crippen LogP contribution in [0.4, 0.5) is 13.2 Å². The lowest BCUT2D eigenvalue weighted by molar-refractivity contribution is -0.141. The maximum atomic E-state index is 12.9. The zero-order valence-electron chi connectivity index (χ0n) is 12.6. The lowest BCUT2D eigenvalue weighted by Crippen LogP contribution is -2.18. The van der Waals surface area contributed by atoms with E-state index in [0.717, 1.165) is 10.1 Å². The zero-order chi connectivity index (χ0) is 17.6. The van der Waals surface area contributed by atoms with E-state index in [4.69, 9.17) is 9.68 Å². The van der Waals surface area contributed by atoms with Crippen molar-refractivity contribution in [2.75, 3.05) is 0 Å². The van der Waals surface area contributed by atoms with Crippen LogP contribution >= 0.6 is 0 Å². The summed E-state index contributed by atoms with van der Waals surface area (Å²) in [6, 6.07) is 10.3. The highest BCUT2D eigenvalue weighted by atomic mass is 19.4. The van der Waals surface area contributed by atoms with E-state index < -0.39 is 12.7 Å². The summed E-state index contributed by atoms with van der Waals surface area (Å²) in [5, 5.41) is 14.3. The Bertz CT molecular complexity index is 1130. The van der Waals surface area contributed by atoms with E-state index in [2.05, 4.69) is 10.1 Å². The van der Waals surface area contributed by atoms with Crippen LogP contribution < -0.4 is 0 Å². The van der Waals surface area contributed by atoms with Gasteiger partial charge in [0.1, 0.15) is 35.8 Å². The third-order valence-electron chi connectivity index (χ3n) is 3.82. The fourth-order valence-electron chi connectivity index (χ4n) is 2.78. The fourth-order valence-corrected chi connectivity index (χ4v) is 2.78. The van der Waals surface area contributed by atoms with Crippen LogP contribution in [-0.4, -0.2) is 20.9 Å². The van der Waals surface area contributed by atoms with Crippen LogP contribution in [0.5, 0.6) is 0 Å². The van der Waals surface area contributed by atoms with Gasteiger partial charge in [0.25, 0.3) is 0 Å². The number of benzene rings is 1. The molecular weight excluding hydrogens is 333 g/mol. The Morgan fingerprint density at radius 2 is 2.00 bits per heavy atom. The van der Waals surface area contributed by atoms with E-state index in [1.807, 2.05) is 12.1 Å². The number of hydrogen-bond acceptors (Lipinski definition) is 4. The van der Waals surface area contributed by atoms with Gasteiger partial charge in [-0.3, -0.25) is 4.68 Å². The first kappa shape index (κ1) is 15.2. The number of aromatic nitrogens is 3. The van der Waals surface area contributed by atoms with Crippen LogP contribution in [0.15, 0.2) is 47.2 Å². The van der Waals surface area contributed by atoms with Gasteiger partial charge < -0.3 is 4.42 Å². The molecule has 1 aromatic carbocycles. The number of nitrogens with zero attached hydrogens (tertiary/aromatic N) is 4. The summed E-state index contributed by atoms with van der Waals surface area (Å²) in [5.74, 6) is 0. The van der Waals surface area contributed by atoms with Crippen molar-refractivity contribution in [3.05, 3.63) is 48.5 Å². The normalized spacial score (nSPS) is 11.9. The van der Waals surface area contributed by atoms with E-state index in [1.54, 1.807) is 18.2 Å². The second-order valence-corrected chi connectivity index (χ2v) is 5.47. The molecule has 0 N–H and O–H groups in total. The van der Waals surface area contributed by atoms with Crippen LogP contribution in [0.3, 0.4) is 0 Å². The standard InChI is InChI=1S/C17H9F3N4O/c18-17(19,20)9-24-14-5-10(6-21)22-7-12(14)16(23-24)13-8-25-15-4-2-1-3-11(13)15/h1-5,7-8H,9H2. The van der Waals surface area contributed by atoms with E-state index in [9.17, 15) is 13.2 Å². The number of pyridine rings is 1. The van der Waals surface area contributed by atoms with E-state index >= 15 is 0 Å². The Hall–Kier alpha value is -3.34. The first-order valence-electron chi connectivity index (χ1n) is 7.26. The smallest absolute Gasteiger partial charge is 0.408 e. The molecule has 3 aromatic heterocycles. The first-order valence-corrected chi connectivity index (χ1v) is 7.26. The summed E-state index contributed by atoms with van der Waals surface area (Å²) in [6.45, 7) is -1.26. The Morgan fingerprint density at radius 3 is 2.76 bits per heavy atom. The van der Waals surface area contributed by atoms with Crippen LogP contribution in [0.1, 0.15) is 5.69 Å². The monoisotopic (exact) mass is 342 g/mol. The molecule has 4 rings (SSSR count). The van der Waals surface area contributed by atoms with E-state index in [1.165, 1.54) is 18.5 Å². The average Bonchev–Trinajstić information content (AvgIpc) is 3.14. The highest BCUT2D eigenvalue weighted by molar-refractivity contribution is 6.02. The number of fused-ring (bicyclic) bond motifs is 2. The largest absolute Gasteiger partial charge is 0.464 e. The lowest BCUT2D eigenvalue weighted by atomic mass is 10.1. The van der Waals surface area contributed by atoms with Crippen molar-refractivity contribution in [2.24, 2.45) is 0 Å². The Balaban J connectivity index is 2.00. The summed E-state index contributed by atoms with van der Waals surface area (Å²) in [6.07, 6.45) is -1.61. The van der Waals surface area contributed by atoms with Gasteiger partial charge in [0.15, 0.2) is 0 Å². The highest BCUT2D eigenvalue weighted by Crippen LogP contribution is 2.35. The number of rotatable bonds is 2. The number of alkyl halides is 3. The van der Waals surface area contributed by atoms with Gasteiger partial charge in [-0.25, -0.2) is 4.98 Å².